The molecular formula is C22H29F3N6O4. The van der Waals surface area contributed by atoms with E-state index in [-0.39, 0.29) is 43.9 Å². The Morgan fingerprint density at radius 1 is 1.23 bits per heavy atom. The van der Waals surface area contributed by atoms with Crippen LogP contribution in [0.3, 0.4) is 0 Å². The minimum atomic E-state index is -5.21. The molecule has 0 saturated carbocycles. The normalized spacial score (nSPS) is 17.8. The summed E-state index contributed by atoms with van der Waals surface area (Å²) in [5, 5.41) is 4.40. The van der Waals surface area contributed by atoms with Crippen molar-refractivity contribution in [3.8, 4) is 0 Å². The fraction of sp³-hybridized carbons (Fsp3) is 0.500. The van der Waals surface area contributed by atoms with Crippen molar-refractivity contribution in [1.82, 2.24) is 15.5 Å². The molecule has 1 aliphatic heterocycles. The first-order valence-corrected chi connectivity index (χ1v) is 11.0. The molecule has 1 heterocycles. The summed E-state index contributed by atoms with van der Waals surface area (Å²) in [7, 11) is 0. The molecule has 2 rings (SSSR count). The molecule has 35 heavy (non-hydrogen) atoms. The van der Waals surface area contributed by atoms with Crippen molar-refractivity contribution >= 4 is 30.0 Å². The summed E-state index contributed by atoms with van der Waals surface area (Å²) in [6, 6.07) is 5.70. The van der Waals surface area contributed by atoms with Gasteiger partial charge in [0.25, 0.3) is 5.91 Å². The summed E-state index contributed by atoms with van der Waals surface area (Å²) in [6.45, 7) is 1.82. The average Bonchev–Trinajstić information content (AvgIpc) is 2.78. The Hall–Kier alpha value is -3.64. The van der Waals surface area contributed by atoms with Gasteiger partial charge in [-0.3, -0.25) is 19.4 Å². The Morgan fingerprint density at radius 3 is 2.37 bits per heavy atom. The zero-order valence-electron chi connectivity index (χ0n) is 19.2. The van der Waals surface area contributed by atoms with Gasteiger partial charge in [0.15, 0.2) is 5.96 Å². The van der Waals surface area contributed by atoms with E-state index in [1.165, 1.54) is 31.2 Å². The summed E-state index contributed by atoms with van der Waals surface area (Å²) < 4.78 is 39.3. The highest BCUT2D eigenvalue weighted by molar-refractivity contribution is 5.98. The standard InChI is InChI=1S/C22H29F3N6O4/c1-2-21(14-7-4-3-5-8-14,30-18(34)22(23,24)25)19(35)31-12-10-16(31)17(33)29-15(13-32)9-6-11-28-20(26)27/h3-5,7-8,13,15-16H,2,6,9-12H2,1H3,(H,29,33)(H,30,34)(H4,26,27,28)/t15-,16+,21-/m1/s1. The largest absolute Gasteiger partial charge is 0.471 e. The minimum absolute atomic E-state index is 0.101. The molecule has 1 aromatic carbocycles. The second kappa shape index (κ2) is 11.7. The number of likely N-dealkylation sites (tertiary alicyclic amines) is 1. The summed E-state index contributed by atoms with van der Waals surface area (Å²) in [5.74, 6) is -3.83. The molecule has 192 valence electrons. The number of carbonyl (C=O) groups is 4. The van der Waals surface area contributed by atoms with Crippen molar-refractivity contribution in [3.63, 3.8) is 0 Å². The van der Waals surface area contributed by atoms with E-state index in [9.17, 15) is 32.3 Å². The number of aldehydes is 1. The Kier molecular flexibility index (Phi) is 9.20. The van der Waals surface area contributed by atoms with E-state index in [0.717, 1.165) is 4.90 Å². The second-order valence-electron chi connectivity index (χ2n) is 8.08. The molecular weight excluding hydrogens is 469 g/mol. The van der Waals surface area contributed by atoms with Crippen LogP contribution in [-0.2, 0) is 24.7 Å². The quantitative estimate of drug-likeness (QED) is 0.149. The lowest BCUT2D eigenvalue weighted by molar-refractivity contribution is -0.178. The van der Waals surface area contributed by atoms with E-state index < -0.39 is 41.5 Å². The van der Waals surface area contributed by atoms with Crippen LogP contribution in [0.2, 0.25) is 0 Å². The fourth-order valence-electron chi connectivity index (χ4n) is 3.80. The van der Waals surface area contributed by atoms with E-state index in [2.05, 4.69) is 10.3 Å². The van der Waals surface area contributed by atoms with Crippen molar-refractivity contribution < 1.29 is 32.3 Å². The van der Waals surface area contributed by atoms with Crippen LogP contribution in [0.4, 0.5) is 13.2 Å². The number of nitrogens with two attached hydrogens (primary N) is 2. The maximum atomic E-state index is 13.5. The minimum Gasteiger partial charge on any atom is -0.370 e. The third kappa shape index (κ3) is 6.70. The first-order valence-electron chi connectivity index (χ1n) is 11.0. The number of aliphatic imine (C=N–C) groups is 1. The number of halogens is 3. The van der Waals surface area contributed by atoms with Crippen molar-refractivity contribution in [2.24, 2.45) is 16.5 Å². The number of nitrogens with zero attached hydrogens (tertiary/aromatic N) is 2. The fourth-order valence-corrected chi connectivity index (χ4v) is 3.80. The Balaban J connectivity index is 2.21. The number of guanidine groups is 1. The first-order chi connectivity index (χ1) is 16.5. The third-order valence-electron chi connectivity index (χ3n) is 5.79. The van der Waals surface area contributed by atoms with Crippen molar-refractivity contribution in [2.45, 2.75) is 56.4 Å². The van der Waals surface area contributed by atoms with Gasteiger partial charge >= 0.3 is 12.1 Å². The van der Waals surface area contributed by atoms with Gasteiger partial charge in [-0.05, 0) is 31.2 Å². The first kappa shape index (κ1) is 27.6. The number of hydrogen-bond acceptors (Lipinski definition) is 5. The van der Waals surface area contributed by atoms with Crippen LogP contribution in [0.5, 0.6) is 0 Å². The Morgan fingerprint density at radius 2 is 1.89 bits per heavy atom. The second-order valence-corrected chi connectivity index (χ2v) is 8.08. The Labute approximate surface area is 200 Å². The number of nitrogens with one attached hydrogen (secondary N) is 2. The summed E-state index contributed by atoms with van der Waals surface area (Å²) in [6.07, 6.45) is -3.95. The van der Waals surface area contributed by atoms with E-state index in [0.29, 0.717) is 12.7 Å². The number of carbonyl (C=O) groups excluding carboxylic acids is 4. The molecule has 6 N–H and O–H groups in total. The molecule has 1 saturated heterocycles. The summed E-state index contributed by atoms with van der Waals surface area (Å²) in [4.78, 5) is 54.5. The highest BCUT2D eigenvalue weighted by Crippen LogP contribution is 2.33. The summed E-state index contributed by atoms with van der Waals surface area (Å²) in [5.41, 5.74) is 8.60. The highest BCUT2D eigenvalue weighted by Gasteiger charge is 2.52. The van der Waals surface area contributed by atoms with Gasteiger partial charge in [0.2, 0.25) is 5.91 Å². The van der Waals surface area contributed by atoms with Crippen molar-refractivity contribution in [3.05, 3.63) is 35.9 Å². The molecule has 1 aromatic rings. The van der Waals surface area contributed by atoms with Crippen LogP contribution >= 0.6 is 0 Å². The monoisotopic (exact) mass is 498 g/mol. The predicted molar refractivity (Wildman–Crippen MR) is 121 cm³/mol. The molecule has 0 unspecified atom stereocenters. The van der Waals surface area contributed by atoms with Crippen molar-refractivity contribution in [1.29, 1.82) is 0 Å². The van der Waals surface area contributed by atoms with Crippen LogP contribution in [0.25, 0.3) is 0 Å². The summed E-state index contributed by atoms with van der Waals surface area (Å²) >= 11 is 0. The number of hydrogen-bond donors (Lipinski definition) is 4. The molecule has 0 radical (unpaired) electrons. The highest BCUT2D eigenvalue weighted by atomic mass is 19.4. The molecule has 10 nitrogen and oxygen atoms in total. The SMILES string of the molecule is CC[C@](NC(=O)C(F)(F)F)(C(=O)N1CC[C@H]1C(=O)N[C@@H](C=O)CCCN=C(N)N)c1ccccc1. The third-order valence-corrected chi connectivity index (χ3v) is 5.79. The van der Waals surface area contributed by atoms with Crippen LogP contribution in [-0.4, -0.2) is 66.2 Å². The molecule has 1 fully saturated rings. The maximum Gasteiger partial charge on any atom is 0.471 e. The molecule has 3 amide bonds. The van der Waals surface area contributed by atoms with Gasteiger partial charge in [-0.1, -0.05) is 37.3 Å². The van der Waals surface area contributed by atoms with Crippen molar-refractivity contribution in [2.75, 3.05) is 13.1 Å². The number of rotatable bonds is 11. The number of benzene rings is 1. The molecule has 0 spiro atoms. The van der Waals surface area contributed by atoms with Gasteiger partial charge in [-0.15, -0.1) is 0 Å². The smallest absolute Gasteiger partial charge is 0.370 e. The topological polar surface area (TPSA) is 160 Å². The zero-order valence-corrected chi connectivity index (χ0v) is 19.2. The molecule has 0 aliphatic carbocycles. The van der Waals surface area contributed by atoms with Gasteiger partial charge in [0.05, 0.1) is 6.04 Å². The van der Waals surface area contributed by atoms with Gasteiger partial charge in [0.1, 0.15) is 17.9 Å². The van der Waals surface area contributed by atoms with Gasteiger partial charge in [0, 0.05) is 13.1 Å². The van der Waals surface area contributed by atoms with Gasteiger partial charge in [-0.25, -0.2) is 0 Å². The lowest BCUT2D eigenvalue weighted by Crippen LogP contribution is -2.67. The van der Waals surface area contributed by atoms with E-state index in [4.69, 9.17) is 11.5 Å². The number of amides is 3. The van der Waals surface area contributed by atoms with Crippen LogP contribution in [0, 0.1) is 0 Å². The maximum absolute atomic E-state index is 13.5. The zero-order chi connectivity index (χ0) is 26.2. The van der Waals surface area contributed by atoms with Crippen LogP contribution < -0.4 is 22.1 Å². The van der Waals surface area contributed by atoms with E-state index in [1.54, 1.807) is 6.07 Å². The Bertz CT molecular complexity index is 952. The lowest BCUT2D eigenvalue weighted by atomic mass is 9.83. The molecule has 1 aliphatic rings. The lowest BCUT2D eigenvalue weighted by Gasteiger charge is -2.46. The van der Waals surface area contributed by atoms with Crippen LogP contribution in [0.15, 0.2) is 35.3 Å². The molecule has 0 bridgehead atoms. The van der Waals surface area contributed by atoms with E-state index >= 15 is 0 Å². The molecule has 13 heteroatoms. The van der Waals surface area contributed by atoms with E-state index in [1.807, 2.05) is 5.32 Å². The van der Waals surface area contributed by atoms with Crippen LogP contribution in [0.1, 0.15) is 38.2 Å². The average molecular weight is 499 g/mol. The van der Waals surface area contributed by atoms with Gasteiger partial charge < -0.3 is 31.8 Å². The number of alkyl halides is 3. The molecule has 3 atom stereocenters. The predicted octanol–water partition coefficient (Wildman–Crippen LogP) is 0.309. The molecule has 0 aromatic heterocycles. The van der Waals surface area contributed by atoms with Gasteiger partial charge in [-0.2, -0.15) is 13.2 Å².